The van der Waals surface area contributed by atoms with Crippen LogP contribution in [0.3, 0.4) is 0 Å². The van der Waals surface area contributed by atoms with Gasteiger partial charge >= 0.3 is 0 Å². The molecular weight excluding hydrogens is 371 g/mol. The minimum Gasteiger partial charge on any atom is -0.481 e. The first kappa shape index (κ1) is 19.8. The largest absolute Gasteiger partial charge is 0.481 e. The molecule has 1 saturated heterocycles. The van der Waals surface area contributed by atoms with Crippen molar-refractivity contribution < 1.29 is 13.9 Å². The lowest BCUT2D eigenvalue weighted by molar-refractivity contribution is -0.139. The molecule has 6 nitrogen and oxygen atoms in total. The number of amides is 1. The fourth-order valence-electron chi connectivity index (χ4n) is 4.08. The second-order valence-corrected chi connectivity index (χ2v) is 8.03. The first-order chi connectivity index (χ1) is 14.0. The Kier molecular flexibility index (Phi) is 5.76. The van der Waals surface area contributed by atoms with Crippen LogP contribution in [-0.4, -0.2) is 58.5 Å². The predicted molar refractivity (Wildman–Crippen MR) is 107 cm³/mol. The summed E-state index contributed by atoms with van der Waals surface area (Å²) < 4.78 is 18.8. The second kappa shape index (κ2) is 8.45. The summed E-state index contributed by atoms with van der Waals surface area (Å²) in [6, 6.07) is 5.73. The number of benzene rings is 1. The van der Waals surface area contributed by atoms with Gasteiger partial charge in [-0.1, -0.05) is 0 Å². The van der Waals surface area contributed by atoms with E-state index in [1.165, 1.54) is 29.8 Å². The molecule has 7 heteroatoms. The Morgan fingerprint density at radius 3 is 2.86 bits per heavy atom. The van der Waals surface area contributed by atoms with Crippen LogP contribution >= 0.6 is 0 Å². The van der Waals surface area contributed by atoms with E-state index in [2.05, 4.69) is 16.9 Å². The number of nitrogens with zero attached hydrogens (tertiary/aromatic N) is 4. The number of fused-ring (bicyclic) bond motifs is 1. The molecule has 1 aromatic carbocycles. The third kappa shape index (κ3) is 4.56. The molecule has 154 valence electrons. The summed E-state index contributed by atoms with van der Waals surface area (Å²) in [5.74, 6) is 1.10. The zero-order chi connectivity index (χ0) is 20.4. The third-order valence-corrected chi connectivity index (χ3v) is 5.72. The van der Waals surface area contributed by atoms with Gasteiger partial charge in [0, 0.05) is 56.0 Å². The van der Waals surface area contributed by atoms with Crippen molar-refractivity contribution in [3.05, 3.63) is 53.4 Å². The van der Waals surface area contributed by atoms with Crippen LogP contribution in [0.4, 0.5) is 4.39 Å². The summed E-state index contributed by atoms with van der Waals surface area (Å²) >= 11 is 0. The zero-order valence-corrected chi connectivity index (χ0v) is 17.0. The predicted octanol–water partition coefficient (Wildman–Crippen LogP) is 2.78. The number of aromatic nitrogens is 2. The van der Waals surface area contributed by atoms with E-state index in [0.29, 0.717) is 18.8 Å². The van der Waals surface area contributed by atoms with Gasteiger partial charge in [0.15, 0.2) is 6.10 Å². The smallest absolute Gasteiger partial charge is 0.263 e. The van der Waals surface area contributed by atoms with Crippen molar-refractivity contribution in [1.29, 1.82) is 0 Å². The number of carbonyl (C=O) groups excluding carboxylic acids is 1. The zero-order valence-electron chi connectivity index (χ0n) is 17.0. The number of likely N-dealkylation sites (tertiary alicyclic amines) is 1. The van der Waals surface area contributed by atoms with Gasteiger partial charge in [-0.25, -0.2) is 14.4 Å². The Balaban J connectivity index is 1.41. The number of hydrogen-bond acceptors (Lipinski definition) is 5. The standard InChI is InChI=1S/C22H27FN4O2/c1-15(29-19-7-5-18(23)6-8-19)22(28)27-10-3-4-16(14-27)21-24-12-17-13-26(2)11-9-20(17)25-21/h5-8,12,15-16H,3-4,9-11,13-14H2,1-2H3/t15-,16-/m1/s1. The SMILES string of the molecule is C[C@@H](Oc1ccc(F)cc1)C(=O)N1CCC[C@@H](c2ncc3c(n2)CCN(C)C3)C1. The van der Waals surface area contributed by atoms with Crippen molar-refractivity contribution in [3.8, 4) is 5.75 Å². The Morgan fingerprint density at radius 1 is 1.28 bits per heavy atom. The molecule has 4 rings (SSSR count). The molecule has 29 heavy (non-hydrogen) atoms. The van der Waals surface area contributed by atoms with E-state index >= 15 is 0 Å². The van der Waals surface area contributed by atoms with Gasteiger partial charge in [-0.15, -0.1) is 0 Å². The fourth-order valence-corrected chi connectivity index (χ4v) is 4.08. The fraction of sp³-hybridized carbons (Fsp3) is 0.500. The summed E-state index contributed by atoms with van der Waals surface area (Å²) in [5.41, 5.74) is 2.34. The average Bonchev–Trinajstić information content (AvgIpc) is 2.74. The van der Waals surface area contributed by atoms with Gasteiger partial charge < -0.3 is 14.5 Å². The van der Waals surface area contributed by atoms with Crippen LogP contribution in [0.15, 0.2) is 30.5 Å². The van der Waals surface area contributed by atoms with Crippen LogP contribution in [0.1, 0.15) is 42.8 Å². The highest BCUT2D eigenvalue weighted by molar-refractivity contribution is 5.81. The molecule has 1 fully saturated rings. The number of piperidine rings is 1. The quantitative estimate of drug-likeness (QED) is 0.793. The summed E-state index contributed by atoms with van der Waals surface area (Å²) in [6.45, 7) is 4.96. The maximum absolute atomic E-state index is 13.1. The van der Waals surface area contributed by atoms with Crippen LogP contribution in [-0.2, 0) is 17.8 Å². The first-order valence-corrected chi connectivity index (χ1v) is 10.2. The van der Waals surface area contributed by atoms with Crippen molar-refractivity contribution in [1.82, 2.24) is 19.8 Å². The Hall–Kier alpha value is -2.54. The molecule has 0 unspecified atom stereocenters. The number of likely N-dealkylation sites (N-methyl/N-ethyl adjacent to an activating group) is 1. The summed E-state index contributed by atoms with van der Waals surface area (Å²) in [4.78, 5) is 26.5. The summed E-state index contributed by atoms with van der Waals surface area (Å²) in [5, 5.41) is 0. The molecule has 2 aliphatic rings. The van der Waals surface area contributed by atoms with Crippen LogP contribution < -0.4 is 4.74 Å². The van der Waals surface area contributed by atoms with Crippen LogP contribution in [0.5, 0.6) is 5.75 Å². The molecule has 0 aliphatic carbocycles. The highest BCUT2D eigenvalue weighted by Gasteiger charge is 2.30. The van der Waals surface area contributed by atoms with Gasteiger partial charge in [0.05, 0.1) is 0 Å². The minimum absolute atomic E-state index is 0.0568. The van der Waals surface area contributed by atoms with Crippen molar-refractivity contribution in [2.45, 2.75) is 44.8 Å². The molecule has 2 aromatic rings. The summed E-state index contributed by atoms with van der Waals surface area (Å²) in [6.07, 6.45) is 4.17. The summed E-state index contributed by atoms with van der Waals surface area (Å²) in [7, 11) is 2.11. The number of halogens is 1. The molecule has 1 aromatic heterocycles. The average molecular weight is 398 g/mol. The monoisotopic (exact) mass is 398 g/mol. The lowest BCUT2D eigenvalue weighted by Crippen LogP contribution is -2.45. The van der Waals surface area contributed by atoms with Crippen molar-refractivity contribution in [2.24, 2.45) is 0 Å². The van der Waals surface area contributed by atoms with E-state index < -0.39 is 6.10 Å². The Labute approximate surface area is 170 Å². The maximum Gasteiger partial charge on any atom is 0.263 e. The van der Waals surface area contributed by atoms with Gasteiger partial charge in [-0.05, 0) is 51.1 Å². The molecular formula is C22H27FN4O2. The van der Waals surface area contributed by atoms with E-state index in [4.69, 9.17) is 9.72 Å². The van der Waals surface area contributed by atoms with Gasteiger partial charge in [-0.3, -0.25) is 4.79 Å². The minimum atomic E-state index is -0.626. The van der Waals surface area contributed by atoms with Crippen molar-refractivity contribution in [2.75, 3.05) is 26.7 Å². The van der Waals surface area contributed by atoms with Gasteiger partial charge in [0.25, 0.3) is 5.91 Å². The lowest BCUT2D eigenvalue weighted by Gasteiger charge is -2.34. The van der Waals surface area contributed by atoms with E-state index in [0.717, 1.165) is 43.9 Å². The number of hydrogen-bond donors (Lipinski definition) is 0. The van der Waals surface area contributed by atoms with Gasteiger partial charge in [0.1, 0.15) is 17.4 Å². The van der Waals surface area contributed by atoms with Crippen molar-refractivity contribution >= 4 is 5.91 Å². The van der Waals surface area contributed by atoms with E-state index in [9.17, 15) is 9.18 Å². The molecule has 1 amide bonds. The molecule has 0 bridgehead atoms. The van der Waals surface area contributed by atoms with Gasteiger partial charge in [0.2, 0.25) is 0 Å². The van der Waals surface area contributed by atoms with E-state index in [1.54, 1.807) is 6.92 Å². The molecule has 0 radical (unpaired) electrons. The number of carbonyl (C=O) groups is 1. The second-order valence-electron chi connectivity index (χ2n) is 8.03. The number of rotatable bonds is 4. The molecule has 0 saturated carbocycles. The van der Waals surface area contributed by atoms with Crippen LogP contribution in [0, 0.1) is 5.82 Å². The van der Waals surface area contributed by atoms with E-state index in [-0.39, 0.29) is 17.6 Å². The molecule has 2 atom stereocenters. The highest BCUT2D eigenvalue weighted by atomic mass is 19.1. The van der Waals surface area contributed by atoms with E-state index in [1.807, 2.05) is 11.1 Å². The third-order valence-electron chi connectivity index (χ3n) is 5.72. The van der Waals surface area contributed by atoms with Crippen LogP contribution in [0.25, 0.3) is 0 Å². The Morgan fingerprint density at radius 2 is 2.07 bits per heavy atom. The number of ether oxygens (including phenoxy) is 1. The molecule has 0 N–H and O–H groups in total. The molecule has 2 aliphatic heterocycles. The van der Waals surface area contributed by atoms with Crippen LogP contribution in [0.2, 0.25) is 0 Å². The van der Waals surface area contributed by atoms with Crippen molar-refractivity contribution in [3.63, 3.8) is 0 Å². The normalized spacial score (nSPS) is 20.8. The maximum atomic E-state index is 13.1. The highest BCUT2D eigenvalue weighted by Crippen LogP contribution is 2.27. The van der Waals surface area contributed by atoms with Gasteiger partial charge in [-0.2, -0.15) is 0 Å². The first-order valence-electron chi connectivity index (χ1n) is 10.2. The lowest BCUT2D eigenvalue weighted by atomic mass is 9.96. The molecule has 3 heterocycles. The Bertz CT molecular complexity index is 874. The topological polar surface area (TPSA) is 58.6 Å². The molecule has 0 spiro atoms.